The number of carbonyl (C=O) groups is 1. The lowest BCUT2D eigenvalue weighted by Gasteiger charge is -2.07. The van der Waals surface area contributed by atoms with Gasteiger partial charge in [0.15, 0.2) is 0 Å². The van der Waals surface area contributed by atoms with E-state index in [9.17, 15) is 4.79 Å². The van der Waals surface area contributed by atoms with Gasteiger partial charge in [-0.1, -0.05) is 0 Å². The summed E-state index contributed by atoms with van der Waals surface area (Å²) >= 11 is 0. The highest BCUT2D eigenvalue weighted by molar-refractivity contribution is 5.88. The first-order chi connectivity index (χ1) is 8.28. The Labute approximate surface area is 98.9 Å². The van der Waals surface area contributed by atoms with Gasteiger partial charge in [0.05, 0.1) is 13.2 Å². The molecular weight excluding hydrogens is 224 g/mol. The van der Waals surface area contributed by atoms with E-state index in [0.717, 1.165) is 25.9 Å². The Morgan fingerprint density at radius 2 is 2.59 bits per heavy atom. The number of ether oxygens (including phenoxy) is 2. The molecule has 1 unspecified atom stereocenters. The van der Waals surface area contributed by atoms with Crippen LogP contribution in [0, 0.1) is 0 Å². The maximum Gasteiger partial charge on any atom is 0.336 e. The van der Waals surface area contributed by atoms with E-state index in [1.807, 2.05) is 0 Å². The number of carbonyl (C=O) groups excluding carboxylic acids is 1. The largest absolute Gasteiger partial charge is 0.466 e. The minimum Gasteiger partial charge on any atom is -0.466 e. The second-order valence-corrected chi connectivity index (χ2v) is 3.89. The van der Waals surface area contributed by atoms with Gasteiger partial charge in [-0.3, -0.25) is 10.1 Å². The summed E-state index contributed by atoms with van der Waals surface area (Å²) in [5, 5.41) is 8.91. The van der Waals surface area contributed by atoms with Crippen LogP contribution in [0.1, 0.15) is 25.7 Å². The molecule has 1 aliphatic heterocycles. The van der Waals surface area contributed by atoms with E-state index in [0.29, 0.717) is 12.4 Å². The molecule has 2 heterocycles. The van der Waals surface area contributed by atoms with Crippen LogP contribution in [0.5, 0.6) is 6.01 Å². The zero-order valence-corrected chi connectivity index (χ0v) is 9.73. The number of hydrogen-bond donors (Lipinski definition) is 2. The van der Waals surface area contributed by atoms with E-state index in [2.05, 4.69) is 20.5 Å². The first kappa shape index (κ1) is 11.8. The third-order valence-corrected chi connectivity index (χ3v) is 2.62. The molecule has 1 saturated heterocycles. The molecule has 7 heteroatoms. The van der Waals surface area contributed by atoms with Gasteiger partial charge in [0.1, 0.15) is 0 Å². The van der Waals surface area contributed by atoms with Gasteiger partial charge < -0.3 is 9.47 Å². The van der Waals surface area contributed by atoms with Crippen molar-refractivity contribution in [2.75, 3.05) is 19.0 Å². The third-order valence-electron chi connectivity index (χ3n) is 2.62. The molecule has 94 valence electrons. The number of amides is 1. The summed E-state index contributed by atoms with van der Waals surface area (Å²) in [7, 11) is 1.46. The van der Waals surface area contributed by atoms with Crippen LogP contribution in [0.2, 0.25) is 0 Å². The Balaban J connectivity index is 1.72. The molecule has 0 aliphatic carbocycles. The highest BCUT2D eigenvalue weighted by Gasteiger charge is 2.17. The Morgan fingerprint density at radius 1 is 1.71 bits per heavy atom. The molecule has 1 aromatic rings. The standard InChI is InChI=1S/C10H16N4O3/c1-16-10-12-9(13-14-10)11-8(15)5-4-7-3-2-6-17-7/h7H,2-6H2,1H3,(H2,11,12,13,14,15). The number of H-pyrrole nitrogens is 1. The van der Waals surface area contributed by atoms with Crippen molar-refractivity contribution >= 4 is 11.9 Å². The number of anilines is 1. The van der Waals surface area contributed by atoms with Crippen LogP contribution in [0.4, 0.5) is 5.95 Å². The maximum absolute atomic E-state index is 11.6. The van der Waals surface area contributed by atoms with Crippen LogP contribution in [0.15, 0.2) is 0 Å². The molecule has 1 fully saturated rings. The SMILES string of the molecule is COc1n[nH]c(NC(=O)CCC2CCCO2)n1. The number of rotatable bonds is 5. The van der Waals surface area contributed by atoms with Crippen LogP contribution < -0.4 is 10.1 Å². The molecule has 0 bridgehead atoms. The summed E-state index contributed by atoms with van der Waals surface area (Å²) in [4.78, 5) is 15.5. The Bertz CT molecular complexity index is 373. The summed E-state index contributed by atoms with van der Waals surface area (Å²) in [5.74, 6) is 0.207. The Hall–Kier alpha value is -1.63. The van der Waals surface area contributed by atoms with E-state index in [1.54, 1.807) is 0 Å². The number of nitrogens with one attached hydrogen (secondary N) is 2. The summed E-state index contributed by atoms with van der Waals surface area (Å²) in [6.45, 7) is 0.811. The molecule has 1 aliphatic rings. The normalized spacial score (nSPS) is 19.2. The number of nitrogens with zero attached hydrogens (tertiary/aromatic N) is 2. The number of aromatic amines is 1. The average Bonchev–Trinajstić information content (AvgIpc) is 2.97. The minimum absolute atomic E-state index is 0.0979. The Morgan fingerprint density at radius 3 is 3.24 bits per heavy atom. The molecule has 2 rings (SSSR count). The van der Waals surface area contributed by atoms with Crippen LogP contribution >= 0.6 is 0 Å². The van der Waals surface area contributed by atoms with Crippen molar-refractivity contribution < 1.29 is 14.3 Å². The number of aromatic nitrogens is 3. The first-order valence-electron chi connectivity index (χ1n) is 5.66. The molecule has 7 nitrogen and oxygen atoms in total. The predicted octanol–water partition coefficient (Wildman–Crippen LogP) is 0.711. The van der Waals surface area contributed by atoms with E-state index in [-0.39, 0.29) is 18.0 Å². The van der Waals surface area contributed by atoms with Gasteiger partial charge in [-0.05, 0) is 19.3 Å². The lowest BCUT2D eigenvalue weighted by atomic mass is 10.1. The number of methoxy groups -OCH3 is 1. The molecule has 0 spiro atoms. The van der Waals surface area contributed by atoms with Crippen molar-refractivity contribution in [3.8, 4) is 6.01 Å². The summed E-state index contributed by atoms with van der Waals surface area (Å²) in [6, 6.07) is 0.208. The topological polar surface area (TPSA) is 89.1 Å². The summed E-state index contributed by atoms with van der Waals surface area (Å²) in [5.41, 5.74) is 0. The third kappa shape index (κ3) is 3.42. The fraction of sp³-hybridized carbons (Fsp3) is 0.700. The summed E-state index contributed by atoms with van der Waals surface area (Å²) in [6.07, 6.45) is 3.53. The first-order valence-corrected chi connectivity index (χ1v) is 5.66. The van der Waals surface area contributed by atoms with Gasteiger partial charge in [-0.25, -0.2) is 5.10 Å². The van der Waals surface area contributed by atoms with Gasteiger partial charge >= 0.3 is 6.01 Å². The molecule has 2 N–H and O–H groups in total. The zero-order chi connectivity index (χ0) is 12.1. The average molecular weight is 240 g/mol. The van der Waals surface area contributed by atoms with Crippen LogP contribution in [0.3, 0.4) is 0 Å². The molecule has 1 amide bonds. The molecule has 0 saturated carbocycles. The quantitative estimate of drug-likeness (QED) is 0.791. The van der Waals surface area contributed by atoms with Gasteiger partial charge in [-0.2, -0.15) is 4.98 Å². The summed E-state index contributed by atoms with van der Waals surface area (Å²) < 4.78 is 10.2. The minimum atomic E-state index is -0.0979. The molecule has 1 atom stereocenters. The zero-order valence-electron chi connectivity index (χ0n) is 9.73. The Kier molecular flexibility index (Phi) is 3.92. The van der Waals surface area contributed by atoms with Crippen molar-refractivity contribution in [2.24, 2.45) is 0 Å². The monoisotopic (exact) mass is 240 g/mol. The lowest BCUT2D eigenvalue weighted by molar-refractivity contribution is -0.116. The highest BCUT2D eigenvalue weighted by atomic mass is 16.5. The van der Waals surface area contributed by atoms with Crippen molar-refractivity contribution in [3.05, 3.63) is 0 Å². The second kappa shape index (κ2) is 5.62. The van der Waals surface area contributed by atoms with E-state index < -0.39 is 0 Å². The van der Waals surface area contributed by atoms with Gasteiger partial charge in [-0.15, -0.1) is 5.10 Å². The van der Waals surface area contributed by atoms with Gasteiger partial charge in [0, 0.05) is 13.0 Å². The molecule has 0 radical (unpaired) electrons. The molecular formula is C10H16N4O3. The number of hydrogen-bond acceptors (Lipinski definition) is 5. The van der Waals surface area contributed by atoms with Crippen LogP contribution in [-0.4, -0.2) is 40.9 Å². The maximum atomic E-state index is 11.6. The van der Waals surface area contributed by atoms with Gasteiger partial charge in [0.2, 0.25) is 11.9 Å². The molecule has 1 aromatic heterocycles. The van der Waals surface area contributed by atoms with Crippen molar-refractivity contribution in [1.29, 1.82) is 0 Å². The predicted molar refractivity (Wildman–Crippen MR) is 59.8 cm³/mol. The van der Waals surface area contributed by atoms with Crippen molar-refractivity contribution in [3.63, 3.8) is 0 Å². The van der Waals surface area contributed by atoms with Crippen LogP contribution in [0.25, 0.3) is 0 Å². The van der Waals surface area contributed by atoms with Crippen LogP contribution in [-0.2, 0) is 9.53 Å². The van der Waals surface area contributed by atoms with Gasteiger partial charge in [0.25, 0.3) is 0 Å². The van der Waals surface area contributed by atoms with Crippen molar-refractivity contribution in [2.45, 2.75) is 31.8 Å². The molecule has 17 heavy (non-hydrogen) atoms. The smallest absolute Gasteiger partial charge is 0.336 e. The highest BCUT2D eigenvalue weighted by Crippen LogP contribution is 2.17. The van der Waals surface area contributed by atoms with E-state index >= 15 is 0 Å². The fourth-order valence-corrected chi connectivity index (χ4v) is 1.75. The van der Waals surface area contributed by atoms with Crippen molar-refractivity contribution in [1.82, 2.24) is 15.2 Å². The molecule has 0 aromatic carbocycles. The van der Waals surface area contributed by atoms with E-state index in [4.69, 9.17) is 9.47 Å². The second-order valence-electron chi connectivity index (χ2n) is 3.89. The fourth-order valence-electron chi connectivity index (χ4n) is 1.75. The lowest BCUT2D eigenvalue weighted by Crippen LogP contribution is -2.16. The van der Waals surface area contributed by atoms with E-state index in [1.165, 1.54) is 7.11 Å².